The van der Waals surface area contributed by atoms with Crippen molar-refractivity contribution in [3.63, 3.8) is 0 Å². The molecule has 1 rings (SSSR count). The summed E-state index contributed by atoms with van der Waals surface area (Å²) < 4.78 is 4.91. The molecule has 0 amide bonds. The van der Waals surface area contributed by atoms with Crippen LogP contribution >= 0.6 is 0 Å². The Bertz CT molecular complexity index is 228. The fourth-order valence-electron chi connectivity index (χ4n) is 1.54. The molecule has 1 fully saturated rings. The third kappa shape index (κ3) is 4.81. The molecule has 94 valence electrons. The molecule has 5 nitrogen and oxygen atoms in total. The minimum atomic E-state index is 0.454. The SMILES string of the molecule is COCCNC(N)=NCC(C)N(C)C1CC1. The van der Waals surface area contributed by atoms with E-state index in [2.05, 4.69) is 29.2 Å². The second-order valence-corrected chi connectivity index (χ2v) is 4.39. The Labute approximate surface area is 98.0 Å². The first-order valence-corrected chi connectivity index (χ1v) is 5.89. The molecule has 0 heterocycles. The Balaban J connectivity index is 2.17. The van der Waals surface area contributed by atoms with Gasteiger partial charge >= 0.3 is 0 Å². The number of rotatable bonds is 7. The smallest absolute Gasteiger partial charge is 0.188 e. The molecular weight excluding hydrogens is 204 g/mol. The standard InChI is InChI=1S/C11H24N4O/c1-9(15(2)10-4-5-10)8-14-11(12)13-6-7-16-3/h9-10H,4-8H2,1-3H3,(H3,12,13,14). The summed E-state index contributed by atoms with van der Waals surface area (Å²) in [6, 6.07) is 1.23. The lowest BCUT2D eigenvalue weighted by Gasteiger charge is -2.22. The van der Waals surface area contributed by atoms with E-state index in [1.807, 2.05) is 0 Å². The van der Waals surface area contributed by atoms with Gasteiger partial charge in [-0.1, -0.05) is 0 Å². The Morgan fingerprint density at radius 2 is 2.31 bits per heavy atom. The van der Waals surface area contributed by atoms with Crippen LogP contribution in [0.15, 0.2) is 4.99 Å². The van der Waals surface area contributed by atoms with Crippen molar-refractivity contribution in [3.8, 4) is 0 Å². The number of hydrogen-bond donors (Lipinski definition) is 2. The van der Waals surface area contributed by atoms with Crippen LogP contribution in [0, 0.1) is 0 Å². The van der Waals surface area contributed by atoms with Gasteiger partial charge in [0.15, 0.2) is 5.96 Å². The van der Waals surface area contributed by atoms with E-state index < -0.39 is 0 Å². The van der Waals surface area contributed by atoms with Crippen LogP contribution in [0.5, 0.6) is 0 Å². The summed E-state index contributed by atoms with van der Waals surface area (Å²) in [7, 11) is 3.83. The minimum Gasteiger partial charge on any atom is -0.383 e. The Morgan fingerprint density at radius 3 is 2.88 bits per heavy atom. The zero-order chi connectivity index (χ0) is 12.0. The average Bonchev–Trinajstić information content (AvgIpc) is 3.09. The Kier molecular flexibility index (Phi) is 5.55. The molecule has 0 aromatic rings. The van der Waals surface area contributed by atoms with Gasteiger partial charge in [0.05, 0.1) is 13.2 Å². The third-order valence-electron chi connectivity index (χ3n) is 2.96. The monoisotopic (exact) mass is 228 g/mol. The molecule has 0 aromatic heterocycles. The maximum atomic E-state index is 5.72. The highest BCUT2D eigenvalue weighted by Gasteiger charge is 2.28. The summed E-state index contributed by atoms with van der Waals surface area (Å²) in [5.74, 6) is 0.507. The van der Waals surface area contributed by atoms with Crippen molar-refractivity contribution >= 4 is 5.96 Å². The van der Waals surface area contributed by atoms with Crippen LogP contribution in [0.3, 0.4) is 0 Å². The number of ether oxygens (including phenoxy) is 1. The topological polar surface area (TPSA) is 62.9 Å². The first-order chi connectivity index (χ1) is 7.65. The molecule has 0 radical (unpaired) electrons. The molecule has 0 bridgehead atoms. The number of guanidine groups is 1. The van der Waals surface area contributed by atoms with Crippen molar-refractivity contribution in [2.24, 2.45) is 10.7 Å². The van der Waals surface area contributed by atoms with Crippen LogP contribution < -0.4 is 11.1 Å². The van der Waals surface area contributed by atoms with Crippen molar-refractivity contribution in [3.05, 3.63) is 0 Å². The number of nitrogens with two attached hydrogens (primary N) is 1. The van der Waals surface area contributed by atoms with Crippen LogP contribution in [0.25, 0.3) is 0 Å². The van der Waals surface area contributed by atoms with Gasteiger partial charge < -0.3 is 15.8 Å². The van der Waals surface area contributed by atoms with E-state index in [4.69, 9.17) is 10.5 Å². The Hall–Kier alpha value is -0.810. The van der Waals surface area contributed by atoms with E-state index in [1.54, 1.807) is 7.11 Å². The lowest BCUT2D eigenvalue weighted by Crippen LogP contribution is -2.37. The molecule has 1 saturated carbocycles. The van der Waals surface area contributed by atoms with Crippen molar-refractivity contribution in [2.75, 3.05) is 33.9 Å². The summed E-state index contributed by atoms with van der Waals surface area (Å²) in [5, 5.41) is 3.01. The van der Waals surface area contributed by atoms with Gasteiger partial charge in [-0.05, 0) is 26.8 Å². The largest absolute Gasteiger partial charge is 0.383 e. The number of methoxy groups -OCH3 is 1. The summed E-state index contributed by atoms with van der Waals surface area (Å²) in [4.78, 5) is 6.69. The fourth-order valence-corrected chi connectivity index (χ4v) is 1.54. The molecule has 0 saturated heterocycles. The molecule has 1 aliphatic carbocycles. The summed E-state index contributed by atoms with van der Waals surface area (Å²) in [6.07, 6.45) is 2.65. The first kappa shape index (κ1) is 13.3. The molecule has 0 aliphatic heterocycles. The third-order valence-corrected chi connectivity index (χ3v) is 2.96. The van der Waals surface area contributed by atoms with E-state index in [0.717, 1.165) is 12.6 Å². The van der Waals surface area contributed by atoms with Crippen LogP contribution in [0.2, 0.25) is 0 Å². The summed E-state index contributed by atoms with van der Waals surface area (Å²) in [6.45, 7) is 4.29. The highest BCUT2D eigenvalue weighted by Crippen LogP contribution is 2.26. The zero-order valence-electron chi connectivity index (χ0n) is 10.6. The molecule has 3 N–H and O–H groups in total. The lowest BCUT2D eigenvalue weighted by molar-refractivity contribution is 0.203. The van der Waals surface area contributed by atoms with Crippen LogP contribution in [-0.2, 0) is 4.74 Å². The van der Waals surface area contributed by atoms with Gasteiger partial charge in [0.25, 0.3) is 0 Å². The lowest BCUT2D eigenvalue weighted by atomic mass is 10.3. The van der Waals surface area contributed by atoms with E-state index in [9.17, 15) is 0 Å². The summed E-state index contributed by atoms with van der Waals surface area (Å²) >= 11 is 0. The van der Waals surface area contributed by atoms with Crippen LogP contribution in [0.1, 0.15) is 19.8 Å². The van der Waals surface area contributed by atoms with Gasteiger partial charge in [0.1, 0.15) is 0 Å². The predicted octanol–water partition coefficient (Wildman–Crippen LogP) is 0.0198. The first-order valence-electron chi connectivity index (χ1n) is 5.89. The van der Waals surface area contributed by atoms with E-state index in [0.29, 0.717) is 25.2 Å². The van der Waals surface area contributed by atoms with Crippen molar-refractivity contribution in [2.45, 2.75) is 31.8 Å². The van der Waals surface area contributed by atoms with Crippen molar-refractivity contribution in [1.82, 2.24) is 10.2 Å². The summed E-state index contributed by atoms with van der Waals surface area (Å²) in [5.41, 5.74) is 5.72. The average molecular weight is 228 g/mol. The number of nitrogens with zero attached hydrogens (tertiary/aromatic N) is 2. The molecule has 1 aliphatic rings. The maximum absolute atomic E-state index is 5.72. The number of hydrogen-bond acceptors (Lipinski definition) is 3. The van der Waals surface area contributed by atoms with Crippen LogP contribution in [0.4, 0.5) is 0 Å². The van der Waals surface area contributed by atoms with Gasteiger partial charge in [-0.2, -0.15) is 0 Å². The van der Waals surface area contributed by atoms with E-state index in [1.165, 1.54) is 12.8 Å². The molecular formula is C11H24N4O. The van der Waals surface area contributed by atoms with Gasteiger partial charge in [-0.3, -0.25) is 9.89 Å². The highest BCUT2D eigenvalue weighted by molar-refractivity contribution is 5.77. The fraction of sp³-hybridized carbons (Fsp3) is 0.909. The second kappa shape index (κ2) is 6.70. The van der Waals surface area contributed by atoms with E-state index >= 15 is 0 Å². The van der Waals surface area contributed by atoms with Crippen molar-refractivity contribution < 1.29 is 4.74 Å². The molecule has 1 unspecified atom stereocenters. The second-order valence-electron chi connectivity index (χ2n) is 4.39. The number of aliphatic imine (C=N–C) groups is 1. The van der Waals surface area contributed by atoms with Gasteiger partial charge in [0, 0.05) is 25.7 Å². The minimum absolute atomic E-state index is 0.454. The maximum Gasteiger partial charge on any atom is 0.188 e. The number of nitrogens with one attached hydrogen (secondary N) is 1. The zero-order valence-corrected chi connectivity index (χ0v) is 10.6. The van der Waals surface area contributed by atoms with E-state index in [-0.39, 0.29) is 0 Å². The highest BCUT2D eigenvalue weighted by atomic mass is 16.5. The molecule has 16 heavy (non-hydrogen) atoms. The normalized spacial score (nSPS) is 18.9. The molecule has 0 spiro atoms. The van der Waals surface area contributed by atoms with Gasteiger partial charge in [-0.25, -0.2) is 0 Å². The van der Waals surface area contributed by atoms with Gasteiger partial charge in [-0.15, -0.1) is 0 Å². The molecule has 1 atom stereocenters. The predicted molar refractivity (Wildman–Crippen MR) is 66.6 cm³/mol. The Morgan fingerprint density at radius 1 is 1.62 bits per heavy atom. The van der Waals surface area contributed by atoms with Gasteiger partial charge in [0.2, 0.25) is 0 Å². The molecule has 0 aromatic carbocycles. The molecule has 5 heteroatoms. The van der Waals surface area contributed by atoms with Crippen molar-refractivity contribution in [1.29, 1.82) is 0 Å². The number of likely N-dealkylation sites (N-methyl/N-ethyl adjacent to an activating group) is 1. The quantitative estimate of drug-likeness (QED) is 0.366. The van der Waals surface area contributed by atoms with Crippen LogP contribution in [-0.4, -0.2) is 56.8 Å².